The van der Waals surface area contributed by atoms with E-state index in [-0.39, 0.29) is 15.7 Å². The molecule has 7 nitrogen and oxygen atoms in total. The number of sulfonamides is 1. The molecule has 26 heavy (non-hydrogen) atoms. The molecule has 0 saturated heterocycles. The highest BCUT2D eigenvalue weighted by molar-refractivity contribution is 7.92. The van der Waals surface area contributed by atoms with Gasteiger partial charge in [-0.2, -0.15) is 0 Å². The number of benzene rings is 2. The van der Waals surface area contributed by atoms with E-state index in [4.69, 9.17) is 0 Å². The number of aryl methyl sites for hydroxylation is 1. The number of nitrogens with one attached hydrogen (secondary N) is 1. The van der Waals surface area contributed by atoms with Crippen molar-refractivity contribution in [2.45, 2.75) is 4.90 Å². The van der Waals surface area contributed by atoms with Crippen LogP contribution in [0, 0.1) is 0 Å². The van der Waals surface area contributed by atoms with Crippen LogP contribution >= 0.6 is 11.3 Å². The number of fused-ring (bicyclic) bond motifs is 1. The third-order valence-electron chi connectivity index (χ3n) is 3.86. The number of amides is 1. The second-order valence-electron chi connectivity index (χ2n) is 5.94. The maximum atomic E-state index is 12.6. The second kappa shape index (κ2) is 6.58. The van der Waals surface area contributed by atoms with Gasteiger partial charge in [0.15, 0.2) is 0 Å². The molecular weight excluding hydrogens is 374 g/mol. The second-order valence-corrected chi connectivity index (χ2v) is 8.61. The molecule has 0 saturated carbocycles. The van der Waals surface area contributed by atoms with Gasteiger partial charge in [0.05, 0.1) is 15.1 Å². The molecule has 0 fully saturated rings. The number of nitrogens with zero attached hydrogens (tertiary/aromatic N) is 2. The van der Waals surface area contributed by atoms with Crippen LogP contribution in [0.3, 0.4) is 0 Å². The maximum Gasteiger partial charge on any atom is 0.307 e. The van der Waals surface area contributed by atoms with Gasteiger partial charge in [-0.15, -0.1) is 0 Å². The van der Waals surface area contributed by atoms with Crippen molar-refractivity contribution in [3.05, 3.63) is 57.7 Å². The van der Waals surface area contributed by atoms with E-state index in [0.717, 1.165) is 11.3 Å². The van der Waals surface area contributed by atoms with Crippen LogP contribution in [-0.4, -0.2) is 37.9 Å². The lowest BCUT2D eigenvalue weighted by Gasteiger charge is -2.11. The molecule has 0 aliphatic heterocycles. The fraction of sp³-hybridized carbons (Fsp3) is 0.176. The van der Waals surface area contributed by atoms with Gasteiger partial charge < -0.3 is 9.47 Å². The molecule has 1 aromatic heterocycles. The van der Waals surface area contributed by atoms with Crippen LogP contribution in [0.2, 0.25) is 0 Å². The van der Waals surface area contributed by atoms with Crippen LogP contribution in [-0.2, 0) is 17.1 Å². The summed E-state index contributed by atoms with van der Waals surface area (Å²) >= 11 is 0.996. The molecule has 136 valence electrons. The molecule has 3 aromatic rings. The third kappa shape index (κ3) is 3.35. The zero-order chi connectivity index (χ0) is 19.1. The molecule has 9 heteroatoms. The van der Waals surface area contributed by atoms with Gasteiger partial charge in [0.25, 0.3) is 15.9 Å². The predicted octanol–water partition coefficient (Wildman–Crippen LogP) is 2.10. The zero-order valence-electron chi connectivity index (χ0n) is 14.4. The van der Waals surface area contributed by atoms with E-state index in [1.165, 1.54) is 33.7 Å². The van der Waals surface area contributed by atoms with E-state index in [1.54, 1.807) is 39.3 Å². The topological polar surface area (TPSA) is 88.5 Å². The summed E-state index contributed by atoms with van der Waals surface area (Å²) in [4.78, 5) is 25.0. The first-order valence-electron chi connectivity index (χ1n) is 7.63. The Morgan fingerprint density at radius 3 is 2.38 bits per heavy atom. The Morgan fingerprint density at radius 1 is 1.12 bits per heavy atom. The van der Waals surface area contributed by atoms with E-state index in [1.807, 2.05) is 0 Å². The van der Waals surface area contributed by atoms with E-state index in [9.17, 15) is 18.0 Å². The number of thiazole rings is 1. The fourth-order valence-electron chi connectivity index (χ4n) is 2.43. The van der Waals surface area contributed by atoms with Crippen molar-refractivity contribution in [1.82, 2.24) is 9.47 Å². The number of anilines is 1. The van der Waals surface area contributed by atoms with Gasteiger partial charge in [0, 0.05) is 32.4 Å². The highest BCUT2D eigenvalue weighted by Gasteiger charge is 2.17. The van der Waals surface area contributed by atoms with E-state index in [0.29, 0.717) is 21.5 Å². The normalized spacial score (nSPS) is 11.5. The first-order chi connectivity index (χ1) is 12.2. The van der Waals surface area contributed by atoms with Crippen molar-refractivity contribution in [3.8, 4) is 0 Å². The molecule has 0 aliphatic rings. The van der Waals surface area contributed by atoms with Crippen molar-refractivity contribution in [2.24, 2.45) is 7.05 Å². The SMILES string of the molecule is CN(C)C(=O)c1ccc(NS(=O)(=O)c2ccc3c(c2)sc(=O)n3C)cc1. The van der Waals surface area contributed by atoms with Crippen molar-refractivity contribution < 1.29 is 13.2 Å². The van der Waals surface area contributed by atoms with Crippen molar-refractivity contribution >= 4 is 43.2 Å². The Kier molecular flexibility index (Phi) is 4.59. The summed E-state index contributed by atoms with van der Waals surface area (Å²) in [5.41, 5.74) is 1.50. The summed E-state index contributed by atoms with van der Waals surface area (Å²) in [5.74, 6) is -0.163. The van der Waals surface area contributed by atoms with Gasteiger partial charge in [-0.1, -0.05) is 11.3 Å². The molecule has 0 aliphatic carbocycles. The summed E-state index contributed by atoms with van der Waals surface area (Å²) in [6, 6.07) is 10.7. The standard InChI is InChI=1S/C17H17N3O4S2/c1-19(2)16(21)11-4-6-12(7-5-11)18-26(23,24)13-8-9-14-15(10-13)25-17(22)20(14)3/h4-10,18H,1-3H3. The maximum absolute atomic E-state index is 12.6. The van der Waals surface area contributed by atoms with Gasteiger partial charge in [-0.3, -0.25) is 14.3 Å². The van der Waals surface area contributed by atoms with E-state index >= 15 is 0 Å². The zero-order valence-corrected chi connectivity index (χ0v) is 16.0. The lowest BCUT2D eigenvalue weighted by atomic mass is 10.2. The lowest BCUT2D eigenvalue weighted by molar-refractivity contribution is 0.0827. The van der Waals surface area contributed by atoms with Gasteiger partial charge >= 0.3 is 4.87 Å². The fourth-order valence-corrected chi connectivity index (χ4v) is 4.51. The minimum absolute atomic E-state index is 0.0697. The number of carbonyl (C=O) groups excluding carboxylic acids is 1. The molecule has 0 spiro atoms. The highest BCUT2D eigenvalue weighted by atomic mass is 32.2. The first-order valence-corrected chi connectivity index (χ1v) is 9.93. The number of rotatable bonds is 4. The molecule has 0 radical (unpaired) electrons. The molecule has 0 bridgehead atoms. The van der Waals surface area contributed by atoms with Crippen LogP contribution in [0.4, 0.5) is 5.69 Å². The minimum Gasteiger partial charge on any atom is -0.345 e. The van der Waals surface area contributed by atoms with Crippen LogP contribution in [0.15, 0.2) is 52.2 Å². The minimum atomic E-state index is -3.81. The quantitative estimate of drug-likeness (QED) is 0.738. The third-order valence-corrected chi connectivity index (χ3v) is 6.24. The van der Waals surface area contributed by atoms with Crippen molar-refractivity contribution in [2.75, 3.05) is 18.8 Å². The Labute approximate surface area is 154 Å². The summed E-state index contributed by atoms with van der Waals surface area (Å²) in [6.07, 6.45) is 0. The molecule has 1 heterocycles. The number of hydrogen-bond acceptors (Lipinski definition) is 5. The molecule has 1 amide bonds. The van der Waals surface area contributed by atoms with E-state index in [2.05, 4.69) is 4.72 Å². The van der Waals surface area contributed by atoms with Gasteiger partial charge in [-0.25, -0.2) is 8.42 Å². The Morgan fingerprint density at radius 2 is 1.77 bits per heavy atom. The summed E-state index contributed by atoms with van der Waals surface area (Å²) in [5, 5.41) is 0. The highest BCUT2D eigenvalue weighted by Crippen LogP contribution is 2.23. The van der Waals surface area contributed by atoms with Crippen LogP contribution in [0.1, 0.15) is 10.4 Å². The predicted molar refractivity (Wildman–Crippen MR) is 102 cm³/mol. The van der Waals surface area contributed by atoms with Crippen LogP contribution < -0.4 is 9.60 Å². The Bertz CT molecular complexity index is 1140. The Hall–Kier alpha value is -2.65. The Balaban J connectivity index is 1.89. The summed E-state index contributed by atoms with van der Waals surface area (Å²) in [7, 11) is 1.13. The monoisotopic (exact) mass is 391 g/mol. The molecular formula is C17H17N3O4S2. The smallest absolute Gasteiger partial charge is 0.307 e. The number of carbonyl (C=O) groups is 1. The van der Waals surface area contributed by atoms with Crippen LogP contribution in [0.25, 0.3) is 10.2 Å². The van der Waals surface area contributed by atoms with Gasteiger partial charge in [0.2, 0.25) is 0 Å². The summed E-state index contributed by atoms with van der Waals surface area (Å²) < 4.78 is 29.8. The van der Waals surface area contributed by atoms with E-state index < -0.39 is 10.0 Å². The lowest BCUT2D eigenvalue weighted by Crippen LogP contribution is -2.21. The average molecular weight is 391 g/mol. The van der Waals surface area contributed by atoms with Crippen molar-refractivity contribution in [1.29, 1.82) is 0 Å². The molecule has 3 rings (SSSR count). The van der Waals surface area contributed by atoms with Crippen LogP contribution in [0.5, 0.6) is 0 Å². The molecule has 2 aromatic carbocycles. The van der Waals surface area contributed by atoms with Gasteiger partial charge in [0.1, 0.15) is 0 Å². The first kappa shape index (κ1) is 18.2. The van der Waals surface area contributed by atoms with Crippen molar-refractivity contribution in [3.63, 3.8) is 0 Å². The van der Waals surface area contributed by atoms with Gasteiger partial charge in [-0.05, 0) is 42.5 Å². The molecule has 0 unspecified atom stereocenters. The number of aromatic nitrogens is 1. The number of hydrogen-bond donors (Lipinski definition) is 1. The summed E-state index contributed by atoms with van der Waals surface area (Å²) in [6.45, 7) is 0. The average Bonchev–Trinajstić information content (AvgIpc) is 2.88. The largest absolute Gasteiger partial charge is 0.345 e. The molecule has 0 atom stereocenters. The molecule has 1 N–H and O–H groups in total.